The summed E-state index contributed by atoms with van der Waals surface area (Å²) in [6.07, 6.45) is 1.64. The van der Waals surface area contributed by atoms with Gasteiger partial charge in [0.1, 0.15) is 10.6 Å². The van der Waals surface area contributed by atoms with Crippen molar-refractivity contribution in [3.63, 3.8) is 0 Å². The molecule has 27 heavy (non-hydrogen) atoms. The Morgan fingerprint density at radius 1 is 1.07 bits per heavy atom. The molecule has 0 aliphatic rings. The number of nitrogens with zero attached hydrogens (tertiary/aromatic N) is 1. The van der Waals surface area contributed by atoms with Gasteiger partial charge in [-0.3, -0.25) is 4.98 Å². The SMILES string of the molecule is CCOc1ccc(Br)cc1S(=O)(=O)NC(c1ccccc1)c1ccccn1. The first-order valence-electron chi connectivity index (χ1n) is 8.42. The fourth-order valence-corrected chi connectivity index (χ4v) is 4.56. The standard InChI is InChI=1S/C20H19BrN2O3S/c1-2-26-18-12-11-16(21)14-19(18)27(24,25)23-20(15-8-4-3-5-9-15)17-10-6-7-13-22-17/h3-14,20,23H,2H2,1H3. The molecule has 0 fully saturated rings. The van der Waals surface area contributed by atoms with E-state index in [1.54, 1.807) is 30.5 Å². The maximum Gasteiger partial charge on any atom is 0.245 e. The first kappa shape index (κ1) is 19.5. The van der Waals surface area contributed by atoms with E-state index in [2.05, 4.69) is 25.6 Å². The van der Waals surface area contributed by atoms with Crippen LogP contribution in [-0.4, -0.2) is 20.0 Å². The van der Waals surface area contributed by atoms with E-state index in [9.17, 15) is 8.42 Å². The molecule has 140 valence electrons. The van der Waals surface area contributed by atoms with Crippen LogP contribution in [-0.2, 0) is 10.0 Å². The zero-order chi connectivity index (χ0) is 19.3. The lowest BCUT2D eigenvalue weighted by Gasteiger charge is -2.20. The molecule has 0 saturated carbocycles. The fourth-order valence-electron chi connectivity index (χ4n) is 2.68. The summed E-state index contributed by atoms with van der Waals surface area (Å²) in [5.41, 5.74) is 1.41. The molecule has 3 aromatic rings. The van der Waals surface area contributed by atoms with E-state index >= 15 is 0 Å². The van der Waals surface area contributed by atoms with Crippen LogP contribution in [0.15, 0.2) is 82.3 Å². The zero-order valence-corrected chi connectivity index (χ0v) is 17.1. The fraction of sp³-hybridized carbons (Fsp3) is 0.150. The minimum absolute atomic E-state index is 0.0792. The monoisotopic (exact) mass is 446 g/mol. The summed E-state index contributed by atoms with van der Waals surface area (Å²) in [6, 6.07) is 19.1. The highest BCUT2D eigenvalue weighted by molar-refractivity contribution is 9.10. The number of sulfonamides is 1. The van der Waals surface area contributed by atoms with Gasteiger partial charge in [0, 0.05) is 10.7 Å². The molecule has 0 bridgehead atoms. The number of halogens is 1. The van der Waals surface area contributed by atoms with Crippen molar-refractivity contribution >= 4 is 26.0 Å². The highest BCUT2D eigenvalue weighted by Gasteiger charge is 2.26. The van der Waals surface area contributed by atoms with Crippen LogP contribution in [0.4, 0.5) is 0 Å². The molecular weight excluding hydrogens is 428 g/mol. The van der Waals surface area contributed by atoms with Crippen LogP contribution in [0, 0.1) is 0 Å². The Balaban J connectivity index is 2.05. The minimum Gasteiger partial charge on any atom is -0.492 e. The van der Waals surface area contributed by atoms with Crippen LogP contribution >= 0.6 is 15.9 Å². The predicted octanol–water partition coefficient (Wildman–Crippen LogP) is 4.31. The van der Waals surface area contributed by atoms with Crippen molar-refractivity contribution in [1.29, 1.82) is 0 Å². The number of hydrogen-bond acceptors (Lipinski definition) is 4. The van der Waals surface area contributed by atoms with E-state index in [-0.39, 0.29) is 4.90 Å². The highest BCUT2D eigenvalue weighted by Crippen LogP contribution is 2.30. The van der Waals surface area contributed by atoms with E-state index in [1.807, 2.05) is 43.3 Å². The normalized spacial score (nSPS) is 12.5. The molecule has 0 spiro atoms. The summed E-state index contributed by atoms with van der Waals surface area (Å²) in [5.74, 6) is 0.307. The molecule has 1 N–H and O–H groups in total. The molecule has 1 unspecified atom stereocenters. The Kier molecular flexibility index (Phi) is 6.26. The second kappa shape index (κ2) is 8.65. The lowest BCUT2D eigenvalue weighted by atomic mass is 10.0. The third-order valence-electron chi connectivity index (χ3n) is 3.88. The largest absolute Gasteiger partial charge is 0.492 e. The van der Waals surface area contributed by atoms with Crippen LogP contribution in [0.5, 0.6) is 5.75 Å². The summed E-state index contributed by atoms with van der Waals surface area (Å²) in [6.45, 7) is 2.18. The molecule has 0 saturated heterocycles. The number of pyridine rings is 1. The van der Waals surface area contributed by atoms with Crippen LogP contribution < -0.4 is 9.46 Å². The van der Waals surface area contributed by atoms with E-state index in [0.29, 0.717) is 22.5 Å². The zero-order valence-electron chi connectivity index (χ0n) is 14.7. The average Bonchev–Trinajstić information content (AvgIpc) is 2.69. The molecule has 0 amide bonds. The Morgan fingerprint density at radius 2 is 1.81 bits per heavy atom. The Bertz CT molecular complexity index is 957. The molecule has 1 atom stereocenters. The molecule has 0 aliphatic carbocycles. The van der Waals surface area contributed by atoms with Gasteiger partial charge in [-0.25, -0.2) is 8.42 Å². The molecule has 3 rings (SSSR count). The lowest BCUT2D eigenvalue weighted by Crippen LogP contribution is -2.30. The van der Waals surface area contributed by atoms with Crippen LogP contribution in [0.25, 0.3) is 0 Å². The molecule has 1 aromatic heterocycles. The number of benzene rings is 2. The molecule has 0 aliphatic heterocycles. The summed E-state index contributed by atoms with van der Waals surface area (Å²) >= 11 is 3.34. The molecule has 0 radical (unpaired) electrons. The smallest absolute Gasteiger partial charge is 0.245 e. The van der Waals surface area contributed by atoms with Gasteiger partial charge < -0.3 is 4.74 Å². The summed E-state index contributed by atoms with van der Waals surface area (Å²) in [5, 5.41) is 0. The first-order valence-corrected chi connectivity index (χ1v) is 10.7. The van der Waals surface area contributed by atoms with E-state index in [1.165, 1.54) is 6.07 Å². The van der Waals surface area contributed by atoms with Crippen molar-refractivity contribution in [3.05, 3.63) is 88.7 Å². The van der Waals surface area contributed by atoms with Gasteiger partial charge in [-0.05, 0) is 42.8 Å². The maximum absolute atomic E-state index is 13.2. The van der Waals surface area contributed by atoms with Gasteiger partial charge in [0.05, 0.1) is 18.3 Å². The number of ether oxygens (including phenoxy) is 1. The third kappa shape index (κ3) is 4.74. The second-order valence-corrected chi connectivity index (χ2v) is 8.34. The average molecular weight is 447 g/mol. The summed E-state index contributed by atoms with van der Waals surface area (Å²) in [7, 11) is -3.88. The van der Waals surface area contributed by atoms with Crippen molar-refractivity contribution in [1.82, 2.24) is 9.71 Å². The highest BCUT2D eigenvalue weighted by atomic mass is 79.9. The van der Waals surface area contributed by atoms with Crippen molar-refractivity contribution in [2.24, 2.45) is 0 Å². The van der Waals surface area contributed by atoms with Crippen molar-refractivity contribution in [2.75, 3.05) is 6.61 Å². The van der Waals surface area contributed by atoms with E-state index in [4.69, 9.17) is 4.74 Å². The van der Waals surface area contributed by atoms with E-state index in [0.717, 1.165) is 5.56 Å². The third-order valence-corrected chi connectivity index (χ3v) is 5.82. The molecule has 7 heteroatoms. The number of aromatic nitrogens is 1. The van der Waals surface area contributed by atoms with Gasteiger partial charge >= 0.3 is 0 Å². The van der Waals surface area contributed by atoms with Crippen molar-refractivity contribution in [3.8, 4) is 5.75 Å². The lowest BCUT2D eigenvalue weighted by molar-refractivity contribution is 0.331. The van der Waals surface area contributed by atoms with Gasteiger partial charge in [0.2, 0.25) is 10.0 Å². The number of hydrogen-bond donors (Lipinski definition) is 1. The van der Waals surface area contributed by atoms with Gasteiger partial charge in [0.15, 0.2) is 0 Å². The first-order chi connectivity index (χ1) is 13.0. The molecule has 5 nitrogen and oxygen atoms in total. The van der Waals surface area contributed by atoms with Crippen molar-refractivity contribution < 1.29 is 13.2 Å². The van der Waals surface area contributed by atoms with E-state index < -0.39 is 16.1 Å². The minimum atomic E-state index is -3.88. The van der Waals surface area contributed by atoms with Gasteiger partial charge in [0.25, 0.3) is 0 Å². The van der Waals surface area contributed by atoms with Gasteiger partial charge in [-0.1, -0.05) is 52.3 Å². The predicted molar refractivity (Wildman–Crippen MR) is 108 cm³/mol. The summed E-state index contributed by atoms with van der Waals surface area (Å²) in [4.78, 5) is 4.42. The van der Waals surface area contributed by atoms with Gasteiger partial charge in [-0.15, -0.1) is 0 Å². The van der Waals surface area contributed by atoms with Crippen LogP contribution in [0.3, 0.4) is 0 Å². The second-order valence-electron chi connectivity index (χ2n) is 5.74. The number of rotatable bonds is 7. The van der Waals surface area contributed by atoms with Crippen molar-refractivity contribution in [2.45, 2.75) is 17.9 Å². The Hall–Kier alpha value is -2.22. The maximum atomic E-state index is 13.2. The van der Waals surface area contributed by atoms with Crippen LogP contribution in [0.2, 0.25) is 0 Å². The Morgan fingerprint density at radius 3 is 2.48 bits per heavy atom. The Labute approximate surface area is 167 Å². The summed E-state index contributed by atoms with van der Waals surface area (Å²) < 4.78 is 35.3. The molecule has 1 heterocycles. The topological polar surface area (TPSA) is 68.3 Å². The quantitative estimate of drug-likeness (QED) is 0.586. The number of nitrogens with one attached hydrogen (secondary N) is 1. The van der Waals surface area contributed by atoms with Gasteiger partial charge in [-0.2, -0.15) is 4.72 Å². The van der Waals surface area contributed by atoms with Crippen LogP contribution in [0.1, 0.15) is 24.2 Å². The molecular formula is C20H19BrN2O3S. The molecule has 2 aromatic carbocycles.